The summed E-state index contributed by atoms with van der Waals surface area (Å²) in [7, 11) is 0. The molecule has 1 aliphatic rings. The van der Waals surface area contributed by atoms with Gasteiger partial charge in [-0.2, -0.15) is 13.2 Å². The maximum Gasteiger partial charge on any atom is 0.417 e. The van der Waals surface area contributed by atoms with Crippen LogP contribution in [-0.2, 0) is 11.0 Å². The van der Waals surface area contributed by atoms with Gasteiger partial charge in [-0.15, -0.1) is 0 Å². The molecule has 1 fully saturated rings. The molecule has 1 N–H and O–H groups in total. The third kappa shape index (κ3) is 3.82. The number of benzene rings is 1. The molecule has 1 saturated heterocycles. The summed E-state index contributed by atoms with van der Waals surface area (Å²) < 4.78 is 39.0. The SMILES string of the molecule is CC(C(=O)O)N1CCN(C(=O)c2ccccc2C(F)(F)F)CC1. The summed E-state index contributed by atoms with van der Waals surface area (Å²) in [6, 6.07) is 4.00. The Morgan fingerprint density at radius 1 is 1.13 bits per heavy atom. The third-order valence-corrected chi connectivity index (χ3v) is 3.97. The molecule has 0 spiro atoms. The molecule has 1 atom stereocenters. The Hall–Kier alpha value is -2.09. The third-order valence-electron chi connectivity index (χ3n) is 3.97. The van der Waals surface area contributed by atoms with Gasteiger partial charge in [-0.05, 0) is 19.1 Å². The van der Waals surface area contributed by atoms with Gasteiger partial charge in [0.2, 0.25) is 0 Å². The molecular weight excluding hydrogens is 313 g/mol. The molecule has 0 radical (unpaired) electrons. The van der Waals surface area contributed by atoms with Gasteiger partial charge in [-0.25, -0.2) is 0 Å². The van der Waals surface area contributed by atoms with E-state index in [0.717, 1.165) is 12.1 Å². The summed E-state index contributed by atoms with van der Waals surface area (Å²) in [5, 5.41) is 8.97. The van der Waals surface area contributed by atoms with Crippen molar-refractivity contribution in [1.82, 2.24) is 9.80 Å². The van der Waals surface area contributed by atoms with Crippen molar-refractivity contribution in [2.75, 3.05) is 26.2 Å². The van der Waals surface area contributed by atoms with Crippen LogP contribution in [0.2, 0.25) is 0 Å². The lowest BCUT2D eigenvalue weighted by molar-refractivity contribution is -0.143. The van der Waals surface area contributed by atoms with Gasteiger partial charge in [0.05, 0.1) is 11.1 Å². The summed E-state index contributed by atoms with van der Waals surface area (Å²) in [6.45, 7) is 2.56. The molecular formula is C15H17F3N2O3. The normalized spacial score (nSPS) is 17.8. The van der Waals surface area contributed by atoms with E-state index >= 15 is 0 Å². The molecule has 1 unspecified atom stereocenters. The highest BCUT2D eigenvalue weighted by Crippen LogP contribution is 2.32. The molecule has 126 valence electrons. The highest BCUT2D eigenvalue weighted by Gasteiger charge is 2.36. The van der Waals surface area contributed by atoms with Crippen LogP contribution in [0.5, 0.6) is 0 Å². The first-order valence-electron chi connectivity index (χ1n) is 7.14. The van der Waals surface area contributed by atoms with Crippen LogP contribution in [0, 0.1) is 0 Å². The molecule has 1 aliphatic heterocycles. The van der Waals surface area contributed by atoms with E-state index in [0.29, 0.717) is 13.1 Å². The molecule has 2 rings (SSSR count). The van der Waals surface area contributed by atoms with Crippen molar-refractivity contribution in [2.24, 2.45) is 0 Å². The fraction of sp³-hybridized carbons (Fsp3) is 0.467. The number of carboxylic acid groups (broad SMARTS) is 1. The number of halogens is 3. The smallest absolute Gasteiger partial charge is 0.417 e. The maximum absolute atomic E-state index is 13.0. The second-order valence-corrected chi connectivity index (χ2v) is 5.39. The average molecular weight is 330 g/mol. The molecule has 1 aromatic rings. The van der Waals surface area contributed by atoms with Crippen molar-refractivity contribution in [3.63, 3.8) is 0 Å². The molecule has 1 amide bonds. The first-order chi connectivity index (χ1) is 10.7. The van der Waals surface area contributed by atoms with Gasteiger partial charge in [0.25, 0.3) is 5.91 Å². The van der Waals surface area contributed by atoms with Gasteiger partial charge in [0.1, 0.15) is 6.04 Å². The second-order valence-electron chi connectivity index (χ2n) is 5.39. The zero-order chi connectivity index (χ0) is 17.2. The highest BCUT2D eigenvalue weighted by atomic mass is 19.4. The Bertz CT molecular complexity index is 596. The number of hydrogen-bond acceptors (Lipinski definition) is 3. The summed E-state index contributed by atoms with van der Waals surface area (Å²) in [4.78, 5) is 26.3. The topological polar surface area (TPSA) is 60.9 Å². The lowest BCUT2D eigenvalue weighted by Gasteiger charge is -2.36. The summed E-state index contributed by atoms with van der Waals surface area (Å²) >= 11 is 0. The lowest BCUT2D eigenvalue weighted by atomic mass is 10.1. The minimum atomic E-state index is -4.59. The monoisotopic (exact) mass is 330 g/mol. The molecule has 1 heterocycles. The van der Waals surface area contributed by atoms with Gasteiger partial charge in [0.15, 0.2) is 0 Å². The van der Waals surface area contributed by atoms with Crippen molar-refractivity contribution >= 4 is 11.9 Å². The maximum atomic E-state index is 13.0. The van der Waals surface area contributed by atoms with E-state index < -0.39 is 29.7 Å². The van der Waals surface area contributed by atoms with Gasteiger partial charge in [-0.1, -0.05) is 12.1 Å². The van der Waals surface area contributed by atoms with Crippen LogP contribution < -0.4 is 0 Å². The first kappa shape index (κ1) is 17.3. The van der Waals surface area contributed by atoms with E-state index in [9.17, 15) is 22.8 Å². The van der Waals surface area contributed by atoms with Gasteiger partial charge in [0, 0.05) is 26.2 Å². The van der Waals surface area contributed by atoms with Crippen molar-refractivity contribution in [1.29, 1.82) is 0 Å². The van der Waals surface area contributed by atoms with Crippen molar-refractivity contribution in [2.45, 2.75) is 19.1 Å². The highest BCUT2D eigenvalue weighted by molar-refractivity contribution is 5.96. The Morgan fingerprint density at radius 2 is 1.70 bits per heavy atom. The number of amides is 1. The van der Waals surface area contributed by atoms with Crippen LogP contribution in [0.4, 0.5) is 13.2 Å². The molecule has 0 aromatic heterocycles. The quantitative estimate of drug-likeness (QED) is 0.920. The van der Waals surface area contributed by atoms with Gasteiger partial charge >= 0.3 is 12.1 Å². The van der Waals surface area contributed by atoms with E-state index in [4.69, 9.17) is 5.11 Å². The van der Waals surface area contributed by atoms with Crippen LogP contribution >= 0.6 is 0 Å². The molecule has 1 aromatic carbocycles. The van der Waals surface area contributed by atoms with Gasteiger partial charge in [-0.3, -0.25) is 14.5 Å². The van der Waals surface area contributed by atoms with Crippen molar-refractivity contribution < 1.29 is 27.9 Å². The van der Waals surface area contributed by atoms with E-state index in [1.54, 1.807) is 11.8 Å². The number of carbonyl (C=O) groups is 2. The van der Waals surface area contributed by atoms with E-state index in [2.05, 4.69) is 0 Å². The number of nitrogens with zero attached hydrogens (tertiary/aromatic N) is 2. The zero-order valence-corrected chi connectivity index (χ0v) is 12.5. The molecule has 0 aliphatic carbocycles. The lowest BCUT2D eigenvalue weighted by Crippen LogP contribution is -2.53. The van der Waals surface area contributed by atoms with Crippen molar-refractivity contribution in [3.05, 3.63) is 35.4 Å². The number of alkyl halides is 3. The predicted molar refractivity (Wildman–Crippen MR) is 76.0 cm³/mol. The molecule has 0 bridgehead atoms. The minimum absolute atomic E-state index is 0.197. The van der Waals surface area contributed by atoms with E-state index in [1.807, 2.05) is 0 Å². The fourth-order valence-electron chi connectivity index (χ4n) is 2.56. The van der Waals surface area contributed by atoms with Crippen molar-refractivity contribution in [3.8, 4) is 0 Å². The van der Waals surface area contributed by atoms with E-state index in [1.165, 1.54) is 17.0 Å². The minimum Gasteiger partial charge on any atom is -0.480 e. The summed E-state index contributed by atoms with van der Waals surface area (Å²) in [5.74, 6) is -1.65. The molecule has 0 saturated carbocycles. The Morgan fingerprint density at radius 3 is 2.22 bits per heavy atom. The first-order valence-corrected chi connectivity index (χ1v) is 7.14. The molecule has 8 heteroatoms. The summed E-state index contributed by atoms with van der Waals surface area (Å²) in [6.07, 6.45) is -4.59. The van der Waals surface area contributed by atoms with Crippen LogP contribution in [-0.4, -0.2) is 59.0 Å². The fourth-order valence-corrected chi connectivity index (χ4v) is 2.56. The predicted octanol–water partition coefficient (Wildman–Crippen LogP) is 1.94. The van der Waals surface area contributed by atoms with Crippen LogP contribution in [0.15, 0.2) is 24.3 Å². The summed E-state index contributed by atoms with van der Waals surface area (Å²) in [5.41, 5.74) is -1.33. The zero-order valence-electron chi connectivity index (χ0n) is 12.5. The average Bonchev–Trinajstić information content (AvgIpc) is 2.52. The Labute approximate surface area is 131 Å². The van der Waals surface area contributed by atoms with Gasteiger partial charge < -0.3 is 10.0 Å². The Balaban J connectivity index is 2.11. The van der Waals surface area contributed by atoms with E-state index in [-0.39, 0.29) is 18.7 Å². The molecule has 5 nitrogen and oxygen atoms in total. The number of aliphatic carboxylic acids is 1. The number of carbonyl (C=O) groups excluding carboxylic acids is 1. The van der Waals surface area contributed by atoms with Crippen LogP contribution in [0.25, 0.3) is 0 Å². The number of carboxylic acids is 1. The second kappa shape index (κ2) is 6.57. The molecule has 23 heavy (non-hydrogen) atoms. The van der Waals surface area contributed by atoms with Crippen LogP contribution in [0.1, 0.15) is 22.8 Å². The Kier molecular flexibility index (Phi) is 4.93. The number of hydrogen-bond donors (Lipinski definition) is 1. The largest absolute Gasteiger partial charge is 0.480 e. The number of rotatable bonds is 3. The van der Waals surface area contributed by atoms with Crippen LogP contribution in [0.3, 0.4) is 0 Å². The standard InChI is InChI=1S/C15H17F3N2O3/c1-10(14(22)23)19-6-8-20(9-7-19)13(21)11-4-2-3-5-12(11)15(16,17)18/h2-5,10H,6-9H2,1H3,(H,22,23). The number of piperazine rings is 1.